The van der Waals surface area contributed by atoms with Crippen molar-refractivity contribution in [2.24, 2.45) is 5.92 Å². The van der Waals surface area contributed by atoms with Gasteiger partial charge in [-0.3, -0.25) is 9.80 Å². The third-order valence-electron chi connectivity index (χ3n) is 7.81. The molecule has 0 aromatic heterocycles. The standard InChI is InChI=1S/C27H26F6N2O4/c1-39-25(38)34(13-14-7-18(26(28,29)30)11-19(8-14)27(31,32)33)22-12-21(15-5-6-15)35(24(36)37)23-10-17-4-2-3-16(17)9-20(22)23/h7-11,15,21-22H,2-6,12-13H2,1H3,(H,36,37). The number of benzene rings is 2. The Morgan fingerprint density at radius 2 is 1.56 bits per heavy atom. The fraction of sp³-hybridized carbons (Fsp3) is 0.481. The van der Waals surface area contributed by atoms with Crippen molar-refractivity contribution >= 4 is 17.9 Å². The van der Waals surface area contributed by atoms with Gasteiger partial charge in [0.2, 0.25) is 0 Å². The highest BCUT2D eigenvalue weighted by atomic mass is 19.4. The van der Waals surface area contributed by atoms with Crippen molar-refractivity contribution < 1.29 is 45.8 Å². The largest absolute Gasteiger partial charge is 0.465 e. The molecule has 0 saturated heterocycles. The van der Waals surface area contributed by atoms with Crippen LogP contribution in [0.15, 0.2) is 30.3 Å². The second kappa shape index (κ2) is 9.63. The van der Waals surface area contributed by atoms with Gasteiger partial charge in [-0.1, -0.05) is 6.07 Å². The fourth-order valence-corrected chi connectivity index (χ4v) is 5.90. The number of hydrogen-bond acceptors (Lipinski definition) is 3. The van der Waals surface area contributed by atoms with E-state index in [1.807, 2.05) is 6.07 Å². The number of carbonyl (C=O) groups excluding carboxylic acids is 1. The molecule has 5 rings (SSSR count). The maximum absolute atomic E-state index is 13.5. The van der Waals surface area contributed by atoms with Gasteiger partial charge in [0, 0.05) is 12.6 Å². The van der Waals surface area contributed by atoms with Crippen molar-refractivity contribution in [3.63, 3.8) is 0 Å². The predicted molar refractivity (Wildman–Crippen MR) is 127 cm³/mol. The molecule has 39 heavy (non-hydrogen) atoms. The molecule has 0 radical (unpaired) electrons. The first-order chi connectivity index (χ1) is 18.3. The number of halogens is 6. The van der Waals surface area contributed by atoms with Crippen LogP contribution in [0.25, 0.3) is 0 Å². The summed E-state index contributed by atoms with van der Waals surface area (Å²) in [5.74, 6) is 0.0369. The van der Waals surface area contributed by atoms with Crippen LogP contribution in [0.1, 0.15) is 65.1 Å². The Kier molecular flexibility index (Phi) is 6.70. The van der Waals surface area contributed by atoms with Crippen molar-refractivity contribution in [2.75, 3.05) is 12.0 Å². The molecular formula is C27H26F6N2O4. The summed E-state index contributed by atoms with van der Waals surface area (Å²) in [7, 11) is 1.08. The zero-order chi connectivity index (χ0) is 28.3. The van der Waals surface area contributed by atoms with E-state index in [0.717, 1.165) is 55.2 Å². The van der Waals surface area contributed by atoms with E-state index in [9.17, 15) is 41.0 Å². The summed E-state index contributed by atoms with van der Waals surface area (Å²) < 4.78 is 86.0. The van der Waals surface area contributed by atoms with Gasteiger partial charge in [0.1, 0.15) is 0 Å². The van der Waals surface area contributed by atoms with Gasteiger partial charge in [-0.05, 0) is 91.0 Å². The number of anilines is 1. The van der Waals surface area contributed by atoms with Crippen LogP contribution in [0.5, 0.6) is 0 Å². The van der Waals surface area contributed by atoms with Gasteiger partial charge >= 0.3 is 24.5 Å². The minimum atomic E-state index is -5.04. The van der Waals surface area contributed by atoms with E-state index >= 15 is 0 Å². The minimum absolute atomic E-state index is 0.0369. The van der Waals surface area contributed by atoms with Crippen LogP contribution in [0.2, 0.25) is 0 Å². The molecule has 1 saturated carbocycles. The van der Waals surface area contributed by atoms with Crippen LogP contribution in [0.4, 0.5) is 41.6 Å². The summed E-state index contributed by atoms with van der Waals surface area (Å²) in [4.78, 5) is 27.9. The van der Waals surface area contributed by atoms with E-state index in [1.165, 1.54) is 4.90 Å². The number of ether oxygens (including phenoxy) is 1. The highest BCUT2D eigenvalue weighted by molar-refractivity contribution is 5.90. The predicted octanol–water partition coefficient (Wildman–Crippen LogP) is 7.19. The quantitative estimate of drug-likeness (QED) is 0.405. The molecule has 2 amide bonds. The Bertz CT molecular complexity index is 1270. The molecule has 1 heterocycles. The molecule has 0 spiro atoms. The average molecular weight is 557 g/mol. The number of fused-ring (bicyclic) bond motifs is 2. The second-order valence-electron chi connectivity index (χ2n) is 10.4. The number of carboxylic acid groups (broad SMARTS) is 1. The first-order valence-electron chi connectivity index (χ1n) is 12.6. The van der Waals surface area contributed by atoms with Gasteiger partial charge in [0.05, 0.1) is 30.0 Å². The number of hydrogen-bond donors (Lipinski definition) is 1. The van der Waals surface area contributed by atoms with Crippen LogP contribution in [0.3, 0.4) is 0 Å². The third kappa shape index (κ3) is 5.25. The molecule has 3 aliphatic rings. The number of alkyl halides is 6. The fourth-order valence-electron chi connectivity index (χ4n) is 5.90. The van der Waals surface area contributed by atoms with Crippen molar-refractivity contribution in [3.05, 3.63) is 63.7 Å². The Labute approximate surface area is 220 Å². The summed E-state index contributed by atoms with van der Waals surface area (Å²) in [6.07, 6.45) is -8.08. The van der Waals surface area contributed by atoms with Gasteiger partial charge in [-0.2, -0.15) is 26.3 Å². The lowest BCUT2D eigenvalue weighted by Crippen LogP contribution is -2.49. The van der Waals surface area contributed by atoms with Crippen LogP contribution < -0.4 is 4.90 Å². The Morgan fingerprint density at radius 3 is 2.08 bits per heavy atom. The molecule has 210 valence electrons. The zero-order valence-corrected chi connectivity index (χ0v) is 20.9. The molecule has 2 unspecified atom stereocenters. The van der Waals surface area contributed by atoms with E-state index in [-0.39, 0.29) is 24.0 Å². The monoisotopic (exact) mass is 556 g/mol. The van der Waals surface area contributed by atoms with Crippen molar-refractivity contribution in [3.8, 4) is 0 Å². The molecule has 12 heteroatoms. The molecule has 1 aliphatic heterocycles. The average Bonchev–Trinajstić information content (AvgIpc) is 3.61. The number of aryl methyl sites for hydroxylation is 2. The van der Waals surface area contributed by atoms with Crippen LogP contribution in [0, 0.1) is 5.92 Å². The molecular weight excluding hydrogens is 530 g/mol. The molecule has 2 atom stereocenters. The molecule has 1 fully saturated rings. The van der Waals surface area contributed by atoms with Crippen LogP contribution in [-0.2, 0) is 36.5 Å². The lowest BCUT2D eigenvalue weighted by atomic mass is 9.86. The molecule has 1 N–H and O–H groups in total. The lowest BCUT2D eigenvalue weighted by Gasteiger charge is -2.43. The Morgan fingerprint density at radius 1 is 0.974 bits per heavy atom. The van der Waals surface area contributed by atoms with Crippen LogP contribution >= 0.6 is 0 Å². The van der Waals surface area contributed by atoms with E-state index in [0.29, 0.717) is 23.4 Å². The number of rotatable bonds is 4. The van der Waals surface area contributed by atoms with E-state index < -0.39 is 54.3 Å². The summed E-state index contributed by atoms with van der Waals surface area (Å²) in [6.45, 7) is -0.592. The van der Waals surface area contributed by atoms with E-state index in [2.05, 4.69) is 0 Å². The van der Waals surface area contributed by atoms with Crippen molar-refractivity contribution in [2.45, 2.75) is 69.5 Å². The number of carbonyl (C=O) groups is 2. The highest BCUT2D eigenvalue weighted by Crippen LogP contribution is 2.50. The minimum Gasteiger partial charge on any atom is -0.465 e. The maximum atomic E-state index is 13.5. The second-order valence-corrected chi connectivity index (χ2v) is 10.4. The molecule has 2 aromatic rings. The molecule has 0 bridgehead atoms. The van der Waals surface area contributed by atoms with Gasteiger partial charge < -0.3 is 9.84 Å². The molecule has 6 nitrogen and oxygen atoms in total. The summed E-state index contributed by atoms with van der Waals surface area (Å²) in [5.41, 5.74) is -0.467. The summed E-state index contributed by atoms with van der Waals surface area (Å²) in [5, 5.41) is 10.1. The van der Waals surface area contributed by atoms with Crippen molar-refractivity contribution in [1.29, 1.82) is 0 Å². The normalized spacial score (nSPS) is 20.8. The van der Waals surface area contributed by atoms with Gasteiger partial charge in [0.15, 0.2) is 0 Å². The smallest absolute Gasteiger partial charge is 0.416 e. The molecule has 2 aromatic carbocycles. The number of amides is 2. The van der Waals surface area contributed by atoms with Gasteiger partial charge in [-0.25, -0.2) is 9.59 Å². The van der Waals surface area contributed by atoms with Crippen LogP contribution in [-0.4, -0.2) is 35.3 Å². The third-order valence-corrected chi connectivity index (χ3v) is 7.81. The first-order valence-corrected chi connectivity index (χ1v) is 12.6. The summed E-state index contributed by atoms with van der Waals surface area (Å²) in [6, 6.07) is 3.54. The first kappa shape index (κ1) is 27.1. The molecule has 2 aliphatic carbocycles. The summed E-state index contributed by atoms with van der Waals surface area (Å²) >= 11 is 0. The van der Waals surface area contributed by atoms with Gasteiger partial charge in [-0.15, -0.1) is 0 Å². The lowest BCUT2D eigenvalue weighted by molar-refractivity contribution is -0.143. The zero-order valence-electron chi connectivity index (χ0n) is 20.9. The highest BCUT2D eigenvalue weighted by Gasteiger charge is 2.47. The Hall–Kier alpha value is -3.44. The van der Waals surface area contributed by atoms with Crippen molar-refractivity contribution in [1.82, 2.24) is 4.90 Å². The van der Waals surface area contributed by atoms with E-state index in [1.54, 1.807) is 6.07 Å². The SMILES string of the molecule is COC(=O)N(Cc1cc(C(F)(F)F)cc(C(F)(F)F)c1)C1CC(C2CC2)N(C(=O)O)c2cc3c(cc21)CCC3. The van der Waals surface area contributed by atoms with Gasteiger partial charge in [0.25, 0.3) is 0 Å². The van der Waals surface area contributed by atoms with E-state index in [4.69, 9.17) is 4.74 Å². The topological polar surface area (TPSA) is 70.1 Å². The number of nitrogens with zero attached hydrogens (tertiary/aromatic N) is 2. The number of methoxy groups -OCH3 is 1. The maximum Gasteiger partial charge on any atom is 0.416 e. The Balaban J connectivity index is 1.62.